The van der Waals surface area contributed by atoms with Crippen LogP contribution in [-0.2, 0) is 11.2 Å². The van der Waals surface area contributed by atoms with E-state index in [4.69, 9.17) is 5.73 Å². The number of nitrogens with one attached hydrogen (secondary N) is 1. The number of nitrogens with two attached hydrogens (primary N) is 1. The van der Waals surface area contributed by atoms with Gasteiger partial charge >= 0.3 is 0 Å². The second-order valence-electron chi connectivity index (χ2n) is 4.39. The lowest BCUT2D eigenvalue weighted by Crippen LogP contribution is -2.41. The molecule has 1 aliphatic rings. The van der Waals surface area contributed by atoms with Gasteiger partial charge in [-0.05, 0) is 43.2 Å². The van der Waals surface area contributed by atoms with Crippen molar-refractivity contribution in [1.29, 1.82) is 0 Å². The van der Waals surface area contributed by atoms with E-state index in [9.17, 15) is 4.79 Å². The van der Waals surface area contributed by atoms with Crippen LogP contribution in [0.1, 0.15) is 36.1 Å². The topological polar surface area (TPSA) is 55.1 Å². The van der Waals surface area contributed by atoms with Gasteiger partial charge in [0.2, 0.25) is 5.91 Å². The summed E-state index contributed by atoms with van der Waals surface area (Å²) in [5.41, 5.74) is 6.75. The Labute approximate surface area is 100 Å². The average Bonchev–Trinajstić information content (AvgIpc) is 2.76. The molecule has 1 aliphatic carbocycles. The molecule has 16 heavy (non-hydrogen) atoms. The van der Waals surface area contributed by atoms with Crippen LogP contribution >= 0.6 is 11.3 Å². The van der Waals surface area contributed by atoms with E-state index >= 15 is 0 Å². The number of thiophene rings is 1. The lowest BCUT2D eigenvalue weighted by molar-refractivity contribution is -0.123. The van der Waals surface area contributed by atoms with E-state index in [0.717, 1.165) is 19.3 Å². The number of carbonyl (C=O) groups is 1. The quantitative estimate of drug-likeness (QED) is 0.841. The maximum absolute atomic E-state index is 12.1. The Bertz CT molecular complexity index is 375. The first-order chi connectivity index (χ1) is 7.72. The van der Waals surface area contributed by atoms with Crippen molar-refractivity contribution in [3.63, 3.8) is 0 Å². The molecule has 0 saturated carbocycles. The predicted octanol–water partition coefficient (Wildman–Crippen LogP) is 1.63. The van der Waals surface area contributed by atoms with Crippen LogP contribution in [0, 0.1) is 0 Å². The van der Waals surface area contributed by atoms with Crippen LogP contribution in [0.5, 0.6) is 0 Å². The first-order valence-electron chi connectivity index (χ1n) is 5.79. The number of hydrogen-bond donors (Lipinski definition) is 2. The molecule has 0 aromatic carbocycles. The van der Waals surface area contributed by atoms with Crippen LogP contribution in [0.2, 0.25) is 0 Å². The minimum Gasteiger partial charge on any atom is -0.352 e. The minimum absolute atomic E-state index is 0.0454. The van der Waals surface area contributed by atoms with Gasteiger partial charge < -0.3 is 11.1 Å². The molecule has 0 saturated heterocycles. The zero-order valence-electron chi connectivity index (χ0n) is 9.53. The third-order valence-corrected chi connectivity index (χ3v) is 4.11. The van der Waals surface area contributed by atoms with Gasteiger partial charge in [-0.2, -0.15) is 0 Å². The summed E-state index contributed by atoms with van der Waals surface area (Å²) in [6.07, 6.45) is 3.21. The van der Waals surface area contributed by atoms with Crippen molar-refractivity contribution >= 4 is 17.2 Å². The molecule has 1 aromatic heterocycles. The molecule has 0 radical (unpaired) electrons. The average molecular weight is 238 g/mol. The molecular weight excluding hydrogens is 220 g/mol. The molecule has 1 aromatic rings. The molecule has 0 fully saturated rings. The number of amides is 1. The summed E-state index contributed by atoms with van der Waals surface area (Å²) in [5, 5.41) is 5.06. The SMILES string of the molecule is C[C@H](CN)NC(=O)C1CCCc2sccc21. The highest BCUT2D eigenvalue weighted by Gasteiger charge is 2.27. The standard InChI is InChI=1S/C12H18N2OS/c1-8(7-13)14-12(15)10-3-2-4-11-9(10)5-6-16-11/h5-6,8,10H,2-4,7,13H2,1H3,(H,14,15)/t8-,10?/m1/s1. The number of carbonyl (C=O) groups excluding carboxylic acids is 1. The van der Waals surface area contributed by atoms with E-state index in [2.05, 4.69) is 16.8 Å². The molecule has 0 bridgehead atoms. The molecule has 4 heteroatoms. The highest BCUT2D eigenvalue weighted by Crippen LogP contribution is 2.34. The van der Waals surface area contributed by atoms with Crippen molar-refractivity contribution in [3.8, 4) is 0 Å². The Morgan fingerprint density at radius 2 is 2.56 bits per heavy atom. The monoisotopic (exact) mass is 238 g/mol. The van der Waals surface area contributed by atoms with Gasteiger partial charge in [-0.3, -0.25) is 4.79 Å². The van der Waals surface area contributed by atoms with Crippen molar-refractivity contribution < 1.29 is 4.79 Å². The molecule has 3 N–H and O–H groups in total. The summed E-state index contributed by atoms with van der Waals surface area (Å²) in [4.78, 5) is 13.4. The molecule has 1 amide bonds. The van der Waals surface area contributed by atoms with Gasteiger partial charge in [0.05, 0.1) is 5.92 Å². The summed E-state index contributed by atoms with van der Waals surface area (Å²) in [6, 6.07) is 2.16. The van der Waals surface area contributed by atoms with Crippen LogP contribution in [0.3, 0.4) is 0 Å². The Balaban J connectivity index is 2.09. The Kier molecular flexibility index (Phi) is 3.61. The van der Waals surface area contributed by atoms with E-state index in [1.807, 2.05) is 6.92 Å². The van der Waals surface area contributed by atoms with E-state index in [1.165, 1.54) is 10.4 Å². The summed E-state index contributed by atoms with van der Waals surface area (Å²) < 4.78 is 0. The number of aryl methyl sites for hydroxylation is 1. The largest absolute Gasteiger partial charge is 0.352 e. The normalized spacial score (nSPS) is 21.2. The van der Waals surface area contributed by atoms with Crippen LogP contribution in [-0.4, -0.2) is 18.5 Å². The highest BCUT2D eigenvalue weighted by molar-refractivity contribution is 7.10. The van der Waals surface area contributed by atoms with Crippen molar-refractivity contribution in [2.45, 2.75) is 38.1 Å². The van der Waals surface area contributed by atoms with Crippen molar-refractivity contribution in [2.75, 3.05) is 6.54 Å². The van der Waals surface area contributed by atoms with Gasteiger partial charge in [-0.15, -0.1) is 11.3 Å². The van der Waals surface area contributed by atoms with E-state index < -0.39 is 0 Å². The Morgan fingerprint density at radius 1 is 1.75 bits per heavy atom. The summed E-state index contributed by atoms with van der Waals surface area (Å²) >= 11 is 1.77. The van der Waals surface area contributed by atoms with Crippen LogP contribution < -0.4 is 11.1 Å². The third-order valence-electron chi connectivity index (χ3n) is 3.11. The molecule has 88 valence electrons. The zero-order valence-corrected chi connectivity index (χ0v) is 10.3. The molecule has 2 atom stereocenters. The zero-order chi connectivity index (χ0) is 11.5. The second kappa shape index (κ2) is 4.97. The maximum Gasteiger partial charge on any atom is 0.227 e. The summed E-state index contributed by atoms with van der Waals surface area (Å²) in [7, 11) is 0. The van der Waals surface area contributed by atoms with E-state index in [0.29, 0.717) is 6.54 Å². The lowest BCUT2D eigenvalue weighted by Gasteiger charge is -2.23. The number of rotatable bonds is 3. The minimum atomic E-state index is 0.0454. The third kappa shape index (κ3) is 2.28. The van der Waals surface area contributed by atoms with Crippen molar-refractivity contribution in [3.05, 3.63) is 21.9 Å². The molecule has 1 heterocycles. The Hall–Kier alpha value is -0.870. The van der Waals surface area contributed by atoms with Gasteiger partial charge in [0.25, 0.3) is 0 Å². The molecule has 0 aliphatic heterocycles. The van der Waals surface area contributed by atoms with Crippen LogP contribution in [0.15, 0.2) is 11.4 Å². The molecule has 2 rings (SSSR count). The van der Waals surface area contributed by atoms with Crippen LogP contribution in [0.4, 0.5) is 0 Å². The molecule has 3 nitrogen and oxygen atoms in total. The van der Waals surface area contributed by atoms with Crippen molar-refractivity contribution in [1.82, 2.24) is 5.32 Å². The lowest BCUT2D eigenvalue weighted by atomic mass is 9.87. The smallest absolute Gasteiger partial charge is 0.227 e. The van der Waals surface area contributed by atoms with Gasteiger partial charge in [0, 0.05) is 17.5 Å². The summed E-state index contributed by atoms with van der Waals surface area (Å²) in [6.45, 7) is 2.43. The molecule has 1 unspecified atom stereocenters. The first kappa shape index (κ1) is 11.6. The van der Waals surface area contributed by atoms with E-state index in [-0.39, 0.29) is 17.9 Å². The fourth-order valence-corrected chi connectivity index (χ4v) is 3.15. The highest BCUT2D eigenvalue weighted by atomic mass is 32.1. The Morgan fingerprint density at radius 3 is 3.31 bits per heavy atom. The number of hydrogen-bond acceptors (Lipinski definition) is 3. The molecular formula is C12H18N2OS. The fraction of sp³-hybridized carbons (Fsp3) is 0.583. The predicted molar refractivity (Wildman–Crippen MR) is 66.7 cm³/mol. The van der Waals surface area contributed by atoms with Gasteiger partial charge in [-0.25, -0.2) is 0 Å². The van der Waals surface area contributed by atoms with Crippen molar-refractivity contribution in [2.24, 2.45) is 5.73 Å². The second-order valence-corrected chi connectivity index (χ2v) is 5.39. The first-order valence-corrected chi connectivity index (χ1v) is 6.67. The maximum atomic E-state index is 12.1. The van der Waals surface area contributed by atoms with Crippen LogP contribution in [0.25, 0.3) is 0 Å². The van der Waals surface area contributed by atoms with E-state index in [1.54, 1.807) is 11.3 Å². The molecule has 0 spiro atoms. The van der Waals surface area contributed by atoms with Gasteiger partial charge in [-0.1, -0.05) is 0 Å². The van der Waals surface area contributed by atoms with Gasteiger partial charge in [0.15, 0.2) is 0 Å². The summed E-state index contributed by atoms with van der Waals surface area (Å²) in [5.74, 6) is 0.182. The number of fused-ring (bicyclic) bond motifs is 1. The van der Waals surface area contributed by atoms with Gasteiger partial charge in [0.1, 0.15) is 0 Å². The fourth-order valence-electron chi connectivity index (χ4n) is 2.16.